The topological polar surface area (TPSA) is 57.0 Å². The van der Waals surface area contributed by atoms with Gasteiger partial charge in [-0.3, -0.25) is 9.36 Å². The van der Waals surface area contributed by atoms with E-state index in [1.807, 2.05) is 45.0 Å². The van der Waals surface area contributed by atoms with Gasteiger partial charge >= 0.3 is 5.97 Å². The van der Waals surface area contributed by atoms with Crippen molar-refractivity contribution in [2.45, 2.75) is 47.0 Å². The van der Waals surface area contributed by atoms with Gasteiger partial charge in [0.15, 0.2) is 5.65 Å². The molecule has 1 aromatic carbocycles. The standard InChI is InChI=1S/C22H26ClN3O2/c1-7-19-25-20-12(2)10-13(3)24-21(20)26(19)16-8-9-17(18(23)11-16)14(4)15(5)22(27)28-6/h8-11,14-15H,7H2,1-6H3. The Morgan fingerprint density at radius 3 is 2.54 bits per heavy atom. The number of methoxy groups -OCH3 is 1. The van der Waals surface area contributed by atoms with E-state index in [1.54, 1.807) is 0 Å². The minimum absolute atomic E-state index is 0.0539. The van der Waals surface area contributed by atoms with Crippen molar-refractivity contribution in [3.63, 3.8) is 0 Å². The zero-order valence-electron chi connectivity index (χ0n) is 17.2. The largest absolute Gasteiger partial charge is 0.469 e. The van der Waals surface area contributed by atoms with E-state index in [2.05, 4.69) is 18.4 Å². The Balaban J connectivity index is 2.11. The van der Waals surface area contributed by atoms with E-state index in [0.717, 1.165) is 45.9 Å². The Morgan fingerprint density at radius 2 is 1.93 bits per heavy atom. The van der Waals surface area contributed by atoms with E-state index in [0.29, 0.717) is 5.02 Å². The van der Waals surface area contributed by atoms with Crippen LogP contribution < -0.4 is 0 Å². The predicted octanol–water partition coefficient (Wildman–Crippen LogP) is 5.17. The van der Waals surface area contributed by atoms with Crippen LogP contribution >= 0.6 is 11.6 Å². The van der Waals surface area contributed by atoms with E-state index in [-0.39, 0.29) is 17.8 Å². The van der Waals surface area contributed by atoms with Crippen LogP contribution in [0.3, 0.4) is 0 Å². The molecule has 148 valence electrons. The molecular formula is C22H26ClN3O2. The van der Waals surface area contributed by atoms with Gasteiger partial charge in [0.05, 0.1) is 18.7 Å². The van der Waals surface area contributed by atoms with Crippen molar-refractivity contribution in [1.82, 2.24) is 14.5 Å². The van der Waals surface area contributed by atoms with Crippen LogP contribution in [0.2, 0.25) is 5.02 Å². The molecule has 2 unspecified atom stereocenters. The van der Waals surface area contributed by atoms with E-state index in [4.69, 9.17) is 26.3 Å². The molecule has 0 fully saturated rings. The van der Waals surface area contributed by atoms with Crippen LogP contribution in [0.5, 0.6) is 0 Å². The average molecular weight is 400 g/mol. The van der Waals surface area contributed by atoms with Gasteiger partial charge in [-0.2, -0.15) is 0 Å². The lowest BCUT2D eigenvalue weighted by Crippen LogP contribution is -2.19. The first-order valence-electron chi connectivity index (χ1n) is 9.51. The van der Waals surface area contributed by atoms with Crippen molar-refractivity contribution in [3.8, 4) is 5.69 Å². The van der Waals surface area contributed by atoms with Gasteiger partial charge in [-0.1, -0.05) is 38.4 Å². The molecular weight excluding hydrogens is 374 g/mol. The van der Waals surface area contributed by atoms with Gasteiger partial charge in [-0.05, 0) is 49.1 Å². The molecule has 0 amide bonds. The Hall–Kier alpha value is -2.40. The fourth-order valence-electron chi connectivity index (χ4n) is 3.60. The van der Waals surface area contributed by atoms with Crippen LogP contribution in [0, 0.1) is 19.8 Å². The highest BCUT2D eigenvalue weighted by Crippen LogP contribution is 2.33. The summed E-state index contributed by atoms with van der Waals surface area (Å²) in [4.78, 5) is 21.4. The van der Waals surface area contributed by atoms with Crippen LogP contribution in [0.4, 0.5) is 0 Å². The summed E-state index contributed by atoms with van der Waals surface area (Å²) in [6.07, 6.45) is 0.782. The highest BCUT2D eigenvalue weighted by Gasteiger charge is 2.24. The molecule has 3 rings (SSSR count). The third-order valence-corrected chi connectivity index (χ3v) is 5.70. The molecule has 0 N–H and O–H groups in total. The van der Waals surface area contributed by atoms with Crippen molar-refractivity contribution >= 4 is 28.7 Å². The number of hydrogen-bond donors (Lipinski definition) is 0. The molecule has 0 spiro atoms. The highest BCUT2D eigenvalue weighted by molar-refractivity contribution is 6.31. The first-order chi connectivity index (χ1) is 13.3. The number of nitrogens with zero attached hydrogens (tertiary/aromatic N) is 3. The van der Waals surface area contributed by atoms with Crippen LogP contribution in [0.1, 0.15) is 49.3 Å². The minimum Gasteiger partial charge on any atom is -0.469 e. The van der Waals surface area contributed by atoms with E-state index >= 15 is 0 Å². The maximum absolute atomic E-state index is 11.9. The minimum atomic E-state index is -0.277. The first kappa shape index (κ1) is 20.3. The summed E-state index contributed by atoms with van der Waals surface area (Å²) >= 11 is 6.64. The van der Waals surface area contributed by atoms with Gasteiger partial charge in [0.2, 0.25) is 0 Å². The predicted molar refractivity (Wildman–Crippen MR) is 112 cm³/mol. The number of aryl methyl sites for hydroxylation is 3. The number of esters is 1. The van der Waals surface area contributed by atoms with Gasteiger partial charge in [0, 0.05) is 17.1 Å². The number of halogens is 1. The third-order valence-electron chi connectivity index (χ3n) is 5.38. The number of carbonyl (C=O) groups is 1. The molecule has 0 aliphatic heterocycles. The first-order valence-corrected chi connectivity index (χ1v) is 9.89. The molecule has 5 nitrogen and oxygen atoms in total. The Bertz CT molecular complexity index is 1040. The molecule has 0 saturated heterocycles. The molecule has 0 radical (unpaired) electrons. The molecule has 0 aliphatic rings. The quantitative estimate of drug-likeness (QED) is 0.555. The van der Waals surface area contributed by atoms with Gasteiger partial charge in [0.1, 0.15) is 11.3 Å². The second-order valence-corrected chi connectivity index (χ2v) is 7.68. The Kier molecular flexibility index (Phi) is 5.75. The van der Waals surface area contributed by atoms with E-state index in [9.17, 15) is 4.79 Å². The molecule has 0 bridgehead atoms. The van der Waals surface area contributed by atoms with Crippen molar-refractivity contribution in [3.05, 3.63) is 51.9 Å². The van der Waals surface area contributed by atoms with Crippen LogP contribution in [-0.2, 0) is 16.0 Å². The summed E-state index contributed by atoms with van der Waals surface area (Å²) in [5, 5.41) is 0.619. The molecule has 0 aliphatic carbocycles. The summed E-state index contributed by atoms with van der Waals surface area (Å²) in [7, 11) is 1.41. The maximum atomic E-state index is 11.9. The van der Waals surface area contributed by atoms with Crippen molar-refractivity contribution < 1.29 is 9.53 Å². The summed E-state index contributed by atoms with van der Waals surface area (Å²) in [5.41, 5.74) is 5.66. The lowest BCUT2D eigenvalue weighted by molar-refractivity contribution is -0.145. The number of hydrogen-bond acceptors (Lipinski definition) is 4. The number of fused-ring (bicyclic) bond motifs is 1. The van der Waals surface area contributed by atoms with Crippen LogP contribution in [-0.4, -0.2) is 27.6 Å². The van der Waals surface area contributed by atoms with Gasteiger partial charge in [-0.15, -0.1) is 0 Å². The van der Waals surface area contributed by atoms with E-state index < -0.39 is 0 Å². The molecule has 3 aromatic rings. The van der Waals surface area contributed by atoms with Gasteiger partial charge in [0.25, 0.3) is 0 Å². The van der Waals surface area contributed by atoms with Crippen molar-refractivity contribution in [2.24, 2.45) is 5.92 Å². The SMILES string of the molecule is CCc1nc2c(C)cc(C)nc2n1-c1ccc(C(C)C(C)C(=O)OC)c(Cl)c1. The smallest absolute Gasteiger partial charge is 0.308 e. The van der Waals surface area contributed by atoms with Crippen LogP contribution in [0.25, 0.3) is 16.9 Å². The van der Waals surface area contributed by atoms with Crippen molar-refractivity contribution in [1.29, 1.82) is 0 Å². The fourth-order valence-corrected chi connectivity index (χ4v) is 3.94. The molecule has 2 heterocycles. The Labute approximate surface area is 170 Å². The zero-order valence-corrected chi connectivity index (χ0v) is 18.0. The van der Waals surface area contributed by atoms with Gasteiger partial charge < -0.3 is 4.74 Å². The molecule has 6 heteroatoms. The number of rotatable bonds is 5. The molecule has 0 saturated carbocycles. The summed E-state index contributed by atoms with van der Waals surface area (Å²) in [5.74, 6) is 0.370. The van der Waals surface area contributed by atoms with Crippen molar-refractivity contribution in [2.75, 3.05) is 7.11 Å². The lowest BCUT2D eigenvalue weighted by atomic mass is 9.89. The monoisotopic (exact) mass is 399 g/mol. The summed E-state index contributed by atoms with van der Waals surface area (Å²) in [6, 6.07) is 7.97. The van der Waals surface area contributed by atoms with Crippen LogP contribution in [0.15, 0.2) is 24.3 Å². The number of aromatic nitrogens is 3. The number of imidazole rings is 1. The molecule has 28 heavy (non-hydrogen) atoms. The molecule has 2 atom stereocenters. The number of ether oxygens (including phenoxy) is 1. The molecule has 2 aromatic heterocycles. The summed E-state index contributed by atoms with van der Waals surface area (Å²) < 4.78 is 6.94. The fraction of sp³-hybridized carbons (Fsp3) is 0.409. The zero-order chi connectivity index (χ0) is 20.6. The number of carbonyl (C=O) groups excluding carboxylic acids is 1. The summed E-state index contributed by atoms with van der Waals surface area (Å²) in [6.45, 7) is 9.96. The lowest BCUT2D eigenvalue weighted by Gasteiger charge is -2.20. The third kappa shape index (κ3) is 3.51. The maximum Gasteiger partial charge on any atom is 0.308 e. The second kappa shape index (κ2) is 7.92. The van der Waals surface area contributed by atoms with E-state index in [1.165, 1.54) is 7.11 Å². The number of benzene rings is 1. The highest BCUT2D eigenvalue weighted by atomic mass is 35.5. The number of pyridine rings is 1. The second-order valence-electron chi connectivity index (χ2n) is 7.28. The van der Waals surface area contributed by atoms with Gasteiger partial charge in [-0.25, -0.2) is 9.97 Å². The normalized spacial score (nSPS) is 13.5. The Morgan fingerprint density at radius 1 is 1.21 bits per heavy atom. The average Bonchev–Trinajstić information content (AvgIpc) is 3.04.